The second-order valence-corrected chi connectivity index (χ2v) is 18.6. The van der Waals surface area contributed by atoms with Gasteiger partial charge >= 0.3 is 6.09 Å². The minimum Gasteiger partial charge on any atom is -0.442 e. The molecule has 318 valence electrons. The van der Waals surface area contributed by atoms with Gasteiger partial charge in [-0.3, -0.25) is 9.80 Å². The number of benzene rings is 2. The quantitative estimate of drug-likeness (QED) is 0.135. The van der Waals surface area contributed by atoms with E-state index in [1.54, 1.807) is 35.1 Å². The zero-order valence-corrected chi connectivity index (χ0v) is 38.0. The highest BCUT2D eigenvalue weighted by atomic mass is 79.9. The van der Waals surface area contributed by atoms with Crippen LogP contribution in [0.4, 0.5) is 28.1 Å². The average Bonchev–Trinajstić information content (AvgIpc) is 4.02. The van der Waals surface area contributed by atoms with Crippen LogP contribution >= 0.6 is 38.6 Å². The summed E-state index contributed by atoms with van der Waals surface area (Å²) in [6.45, 7) is 19.0. The number of anilines is 4. The van der Waals surface area contributed by atoms with Crippen LogP contribution in [-0.2, 0) is 22.6 Å². The molecule has 0 aliphatic carbocycles. The SMILES string of the molecule is CC(C)(C)OC(=O)n1cc(-c2csc3cnc(Nc4ccc(CN5CCOCC5)cc4)nc23)cn1.CCN1CCN(Cc2ccc(Nc3ncc4scc(Br)c4n3)cc2)CC1. The lowest BCUT2D eigenvalue weighted by Gasteiger charge is -2.34. The largest absolute Gasteiger partial charge is 0.442 e. The van der Waals surface area contributed by atoms with E-state index in [9.17, 15) is 4.79 Å². The molecule has 9 rings (SSSR count). The number of piperazine rings is 1. The van der Waals surface area contributed by atoms with Crippen molar-refractivity contribution in [3.8, 4) is 11.1 Å². The van der Waals surface area contributed by atoms with Crippen LogP contribution in [-0.4, -0.2) is 115 Å². The maximum absolute atomic E-state index is 12.3. The number of nitrogens with zero attached hydrogens (tertiary/aromatic N) is 9. The first kappa shape index (κ1) is 42.8. The topological polar surface area (TPSA) is 139 Å². The maximum atomic E-state index is 12.3. The third-order valence-corrected chi connectivity index (χ3v) is 13.0. The molecule has 2 fully saturated rings. The maximum Gasteiger partial charge on any atom is 0.435 e. The molecule has 7 heterocycles. The first-order valence-corrected chi connectivity index (χ1v) is 23.0. The number of thiophene rings is 2. The molecule has 2 saturated heterocycles. The number of nitrogens with one attached hydrogen (secondary N) is 2. The third kappa shape index (κ3) is 11.3. The van der Waals surface area contributed by atoms with Crippen molar-refractivity contribution in [3.63, 3.8) is 0 Å². The van der Waals surface area contributed by atoms with E-state index in [-0.39, 0.29) is 0 Å². The number of rotatable bonds is 10. The molecular formula is C44H50BrN11O3S2. The number of hydrogen-bond acceptors (Lipinski definition) is 15. The Morgan fingerprint density at radius 1 is 0.754 bits per heavy atom. The predicted octanol–water partition coefficient (Wildman–Crippen LogP) is 9.25. The van der Waals surface area contributed by atoms with Gasteiger partial charge in [0, 0.05) is 91.8 Å². The minimum atomic E-state index is -0.590. The molecule has 2 aliphatic heterocycles. The van der Waals surface area contributed by atoms with Gasteiger partial charge in [-0.2, -0.15) is 9.78 Å². The monoisotopic (exact) mass is 923 g/mol. The van der Waals surface area contributed by atoms with Gasteiger partial charge in [0.1, 0.15) is 11.1 Å². The molecule has 0 amide bonds. The highest BCUT2D eigenvalue weighted by Crippen LogP contribution is 2.33. The minimum absolute atomic E-state index is 0.512. The average molecular weight is 925 g/mol. The lowest BCUT2D eigenvalue weighted by Crippen LogP contribution is -2.45. The Kier molecular flexibility index (Phi) is 13.6. The lowest BCUT2D eigenvalue weighted by atomic mass is 10.2. The molecular weight excluding hydrogens is 875 g/mol. The standard InChI is InChI=1S/C25H28N6O3S.C19H22BrN5S/c1-25(2,3)34-24(32)31-15-18(12-27-31)20-16-35-21-13-26-23(29-22(20)21)28-19-6-4-17(5-7-19)14-30-8-10-33-11-9-30;1-2-24-7-9-25(10-8-24)12-14-3-5-15(6-4-14)22-19-21-11-17-18(23-19)16(20)13-26-17/h4-7,12-13,15-16H,8-11,14H2,1-3H3,(H,26,28,29);3-6,11,13H,2,7-10,12H2,1H3,(H,21,22,23). The van der Waals surface area contributed by atoms with E-state index in [1.807, 2.05) is 56.1 Å². The highest BCUT2D eigenvalue weighted by Gasteiger charge is 2.20. The molecule has 2 N–H and O–H groups in total. The number of carbonyl (C=O) groups is 1. The molecule has 0 radical (unpaired) electrons. The van der Waals surface area contributed by atoms with Crippen LogP contribution in [0.5, 0.6) is 0 Å². The fourth-order valence-electron chi connectivity index (χ4n) is 7.01. The highest BCUT2D eigenvalue weighted by molar-refractivity contribution is 9.10. The van der Waals surface area contributed by atoms with Gasteiger partial charge in [0.2, 0.25) is 11.9 Å². The van der Waals surface area contributed by atoms with E-state index in [4.69, 9.17) is 14.5 Å². The Balaban J connectivity index is 0.000000176. The van der Waals surface area contributed by atoms with E-state index in [0.29, 0.717) is 11.9 Å². The zero-order valence-electron chi connectivity index (χ0n) is 34.8. The predicted molar refractivity (Wildman–Crippen MR) is 248 cm³/mol. The van der Waals surface area contributed by atoms with Crippen molar-refractivity contribution in [1.29, 1.82) is 0 Å². The van der Waals surface area contributed by atoms with E-state index in [2.05, 4.69) is 105 Å². The summed E-state index contributed by atoms with van der Waals surface area (Å²) in [5, 5.41) is 14.8. The lowest BCUT2D eigenvalue weighted by molar-refractivity contribution is 0.0342. The number of hydrogen-bond donors (Lipinski definition) is 2. The zero-order chi connectivity index (χ0) is 42.3. The molecule has 7 aromatic rings. The van der Waals surface area contributed by atoms with Crippen molar-refractivity contribution in [2.24, 2.45) is 0 Å². The summed E-state index contributed by atoms with van der Waals surface area (Å²) < 4.78 is 15.1. The third-order valence-electron chi connectivity index (χ3n) is 10.3. The molecule has 0 atom stereocenters. The van der Waals surface area contributed by atoms with Gasteiger partial charge in [0.25, 0.3) is 0 Å². The van der Waals surface area contributed by atoms with Crippen LogP contribution in [0.1, 0.15) is 38.8 Å². The van der Waals surface area contributed by atoms with Crippen molar-refractivity contribution in [3.05, 3.63) is 99.7 Å². The van der Waals surface area contributed by atoms with E-state index < -0.39 is 11.7 Å². The fourth-order valence-corrected chi connectivity index (χ4v) is 9.32. The van der Waals surface area contributed by atoms with Gasteiger partial charge in [0.15, 0.2) is 0 Å². The Morgan fingerprint density at radius 3 is 1.89 bits per heavy atom. The van der Waals surface area contributed by atoms with Crippen LogP contribution in [0.3, 0.4) is 0 Å². The number of ether oxygens (including phenoxy) is 2. The summed E-state index contributed by atoms with van der Waals surface area (Å²) in [5.41, 5.74) is 7.39. The van der Waals surface area contributed by atoms with Gasteiger partial charge in [-0.05, 0) is 78.6 Å². The Morgan fingerprint density at radius 2 is 1.30 bits per heavy atom. The molecule has 0 unspecified atom stereocenters. The van der Waals surface area contributed by atoms with Gasteiger partial charge in [-0.25, -0.2) is 24.7 Å². The molecule has 2 aliphatic rings. The van der Waals surface area contributed by atoms with Crippen molar-refractivity contribution in [2.75, 3.05) is 69.7 Å². The summed E-state index contributed by atoms with van der Waals surface area (Å²) in [5.74, 6) is 1.14. The van der Waals surface area contributed by atoms with Gasteiger partial charge in [-0.15, -0.1) is 22.7 Å². The van der Waals surface area contributed by atoms with Crippen molar-refractivity contribution >= 4 is 88.4 Å². The van der Waals surface area contributed by atoms with Crippen molar-refractivity contribution < 1.29 is 14.3 Å². The second-order valence-electron chi connectivity index (χ2n) is 15.9. The summed E-state index contributed by atoms with van der Waals surface area (Å²) in [4.78, 5) is 38.0. The van der Waals surface area contributed by atoms with Crippen LogP contribution in [0.15, 0.2) is 88.6 Å². The van der Waals surface area contributed by atoms with E-state index in [0.717, 1.165) is 106 Å². The fraction of sp³-hybridized carbons (Fsp3) is 0.364. The summed E-state index contributed by atoms with van der Waals surface area (Å²) in [6, 6.07) is 16.9. The van der Waals surface area contributed by atoms with Crippen LogP contribution in [0.2, 0.25) is 0 Å². The van der Waals surface area contributed by atoms with Gasteiger partial charge < -0.3 is 25.0 Å². The number of halogens is 1. The summed E-state index contributed by atoms with van der Waals surface area (Å²) in [7, 11) is 0. The van der Waals surface area contributed by atoms with Crippen molar-refractivity contribution in [1.82, 2.24) is 44.4 Å². The molecule has 0 saturated carbocycles. The molecule has 17 heteroatoms. The molecule has 2 aromatic carbocycles. The molecule has 5 aromatic heterocycles. The normalized spacial score (nSPS) is 15.4. The number of carbonyl (C=O) groups excluding carboxylic acids is 1. The van der Waals surface area contributed by atoms with Crippen LogP contribution < -0.4 is 10.6 Å². The summed E-state index contributed by atoms with van der Waals surface area (Å²) in [6.07, 6.45) is 6.47. The Hall–Kier alpha value is -4.88. The smallest absolute Gasteiger partial charge is 0.435 e. The second kappa shape index (κ2) is 19.4. The van der Waals surface area contributed by atoms with E-state index >= 15 is 0 Å². The van der Waals surface area contributed by atoms with Crippen LogP contribution in [0, 0.1) is 0 Å². The van der Waals surface area contributed by atoms with E-state index in [1.165, 1.54) is 28.9 Å². The van der Waals surface area contributed by atoms with Crippen LogP contribution in [0.25, 0.3) is 31.6 Å². The van der Waals surface area contributed by atoms with Gasteiger partial charge in [-0.1, -0.05) is 31.2 Å². The molecule has 14 nitrogen and oxygen atoms in total. The number of likely N-dealkylation sites (N-methyl/N-ethyl adjacent to an activating group) is 1. The Bertz CT molecular complexity index is 2540. The molecule has 61 heavy (non-hydrogen) atoms. The summed E-state index contributed by atoms with van der Waals surface area (Å²) >= 11 is 6.73. The number of aromatic nitrogens is 6. The van der Waals surface area contributed by atoms with Gasteiger partial charge in [0.05, 0.1) is 51.2 Å². The molecule has 0 bridgehead atoms. The van der Waals surface area contributed by atoms with Crippen molar-refractivity contribution in [2.45, 2.75) is 46.4 Å². The first-order chi connectivity index (χ1) is 29.5. The Labute approximate surface area is 372 Å². The number of morpholine rings is 1. The molecule has 0 spiro atoms. The number of fused-ring (bicyclic) bond motifs is 2. The first-order valence-electron chi connectivity index (χ1n) is 20.4.